The quantitative estimate of drug-likeness (QED) is 0.827. The van der Waals surface area contributed by atoms with E-state index < -0.39 is 0 Å². The van der Waals surface area contributed by atoms with Crippen LogP contribution in [-0.4, -0.2) is 18.1 Å². The largest absolute Gasteiger partial charge is 0.396 e. The lowest BCUT2D eigenvalue weighted by molar-refractivity contribution is 0.700. The fourth-order valence-corrected chi connectivity index (χ4v) is 1.97. The highest BCUT2D eigenvalue weighted by Gasteiger charge is 2.25. The monoisotopic (exact) mass is 219 g/mol. The number of pyridine rings is 1. The van der Waals surface area contributed by atoms with Crippen molar-refractivity contribution in [2.45, 2.75) is 33.1 Å². The van der Waals surface area contributed by atoms with Crippen LogP contribution in [0.1, 0.15) is 31.7 Å². The molecule has 1 aromatic rings. The molecule has 0 radical (unpaired) electrons. The van der Waals surface area contributed by atoms with E-state index in [2.05, 4.69) is 16.8 Å². The maximum absolute atomic E-state index is 6.11. The Morgan fingerprint density at radius 2 is 2.25 bits per heavy atom. The number of aryl methyl sites for hydroxylation is 1. The normalized spacial score (nSPS) is 15.1. The number of anilines is 2. The summed E-state index contributed by atoms with van der Waals surface area (Å²) in [5, 5.41) is 0. The van der Waals surface area contributed by atoms with Crippen LogP contribution in [0.15, 0.2) is 12.3 Å². The second-order valence-electron chi connectivity index (χ2n) is 4.75. The summed E-state index contributed by atoms with van der Waals surface area (Å²) in [6.07, 6.45) is 5.73. The van der Waals surface area contributed by atoms with E-state index in [0.717, 1.165) is 42.5 Å². The highest BCUT2D eigenvalue weighted by molar-refractivity contribution is 5.66. The molecule has 0 spiro atoms. The van der Waals surface area contributed by atoms with E-state index in [1.165, 1.54) is 12.8 Å². The molecule has 0 atom stereocenters. The van der Waals surface area contributed by atoms with Crippen LogP contribution >= 0.6 is 0 Å². The third kappa shape index (κ3) is 2.46. The lowest BCUT2D eigenvalue weighted by Crippen LogP contribution is -2.28. The lowest BCUT2D eigenvalue weighted by atomic mass is 10.2. The summed E-state index contributed by atoms with van der Waals surface area (Å²) in [7, 11) is 0. The minimum atomic E-state index is 0.844. The predicted octanol–water partition coefficient (Wildman–Crippen LogP) is 2.60. The third-order valence-electron chi connectivity index (χ3n) is 3.16. The van der Waals surface area contributed by atoms with Gasteiger partial charge in [0.05, 0.1) is 5.69 Å². The Kier molecular flexibility index (Phi) is 3.32. The van der Waals surface area contributed by atoms with Crippen molar-refractivity contribution in [2.24, 2.45) is 5.92 Å². The van der Waals surface area contributed by atoms with Crippen molar-refractivity contribution in [3.63, 3.8) is 0 Å². The van der Waals surface area contributed by atoms with Gasteiger partial charge in [-0.15, -0.1) is 0 Å². The van der Waals surface area contributed by atoms with Crippen molar-refractivity contribution in [1.29, 1.82) is 0 Å². The van der Waals surface area contributed by atoms with E-state index >= 15 is 0 Å². The molecule has 16 heavy (non-hydrogen) atoms. The highest BCUT2D eigenvalue weighted by atomic mass is 15.2. The third-order valence-corrected chi connectivity index (χ3v) is 3.16. The molecule has 0 unspecified atom stereocenters. The Labute approximate surface area is 97.7 Å². The van der Waals surface area contributed by atoms with Crippen molar-refractivity contribution in [1.82, 2.24) is 4.98 Å². The molecule has 0 aromatic carbocycles. The van der Waals surface area contributed by atoms with Gasteiger partial charge in [-0.2, -0.15) is 0 Å². The summed E-state index contributed by atoms with van der Waals surface area (Å²) < 4.78 is 0. The van der Waals surface area contributed by atoms with Crippen molar-refractivity contribution in [3.8, 4) is 0 Å². The van der Waals surface area contributed by atoms with Crippen LogP contribution in [0, 0.1) is 12.8 Å². The summed E-state index contributed by atoms with van der Waals surface area (Å²) in [5.74, 6) is 1.85. The Balaban J connectivity index is 2.18. The zero-order chi connectivity index (χ0) is 11.5. The standard InChI is InChI=1S/C13H21N3/c1-3-8-16(9-11-4-5-11)13-12(14)10(2)6-7-15-13/h6-7,11H,3-5,8-9,14H2,1-2H3. The Hall–Kier alpha value is -1.25. The number of aromatic nitrogens is 1. The van der Waals surface area contributed by atoms with E-state index in [9.17, 15) is 0 Å². The second-order valence-corrected chi connectivity index (χ2v) is 4.75. The number of hydrogen-bond acceptors (Lipinski definition) is 3. The van der Waals surface area contributed by atoms with Crippen LogP contribution in [0.4, 0.5) is 11.5 Å². The summed E-state index contributed by atoms with van der Waals surface area (Å²) in [5.41, 5.74) is 8.08. The molecule has 1 heterocycles. The molecular formula is C13H21N3. The van der Waals surface area contributed by atoms with Gasteiger partial charge in [0.15, 0.2) is 5.82 Å². The number of nitrogen functional groups attached to an aromatic ring is 1. The van der Waals surface area contributed by atoms with Gasteiger partial charge in [-0.05, 0) is 43.7 Å². The Bertz CT molecular complexity index is 358. The van der Waals surface area contributed by atoms with Crippen LogP contribution in [0.2, 0.25) is 0 Å². The molecule has 3 nitrogen and oxygen atoms in total. The lowest BCUT2D eigenvalue weighted by Gasteiger charge is -2.25. The van der Waals surface area contributed by atoms with Gasteiger partial charge in [-0.1, -0.05) is 6.92 Å². The van der Waals surface area contributed by atoms with Gasteiger partial charge in [0.25, 0.3) is 0 Å². The van der Waals surface area contributed by atoms with E-state index in [1.807, 2.05) is 19.2 Å². The zero-order valence-electron chi connectivity index (χ0n) is 10.2. The molecule has 1 aliphatic rings. The first-order chi connectivity index (χ1) is 7.72. The van der Waals surface area contributed by atoms with Crippen LogP contribution in [0.25, 0.3) is 0 Å². The number of hydrogen-bond donors (Lipinski definition) is 1. The predicted molar refractivity (Wildman–Crippen MR) is 68.6 cm³/mol. The van der Waals surface area contributed by atoms with Crippen molar-refractivity contribution >= 4 is 11.5 Å². The molecule has 88 valence electrons. The Morgan fingerprint density at radius 1 is 1.50 bits per heavy atom. The van der Waals surface area contributed by atoms with Crippen molar-refractivity contribution in [2.75, 3.05) is 23.7 Å². The zero-order valence-corrected chi connectivity index (χ0v) is 10.2. The highest BCUT2D eigenvalue weighted by Crippen LogP contribution is 2.32. The van der Waals surface area contributed by atoms with Crippen LogP contribution < -0.4 is 10.6 Å². The summed E-state index contributed by atoms with van der Waals surface area (Å²) in [4.78, 5) is 6.79. The maximum atomic E-state index is 6.11. The summed E-state index contributed by atoms with van der Waals surface area (Å²) in [6, 6.07) is 1.97. The maximum Gasteiger partial charge on any atom is 0.152 e. The number of rotatable bonds is 5. The van der Waals surface area contributed by atoms with Crippen molar-refractivity contribution < 1.29 is 0 Å². The molecule has 1 aromatic heterocycles. The van der Waals surface area contributed by atoms with E-state index in [4.69, 9.17) is 5.73 Å². The van der Waals surface area contributed by atoms with Gasteiger partial charge in [-0.3, -0.25) is 0 Å². The average Bonchev–Trinajstić information content (AvgIpc) is 3.06. The van der Waals surface area contributed by atoms with Gasteiger partial charge >= 0.3 is 0 Å². The van der Waals surface area contributed by atoms with Gasteiger partial charge in [0.1, 0.15) is 0 Å². The first-order valence-corrected chi connectivity index (χ1v) is 6.18. The SMILES string of the molecule is CCCN(CC1CC1)c1nccc(C)c1N. The molecular weight excluding hydrogens is 198 g/mol. The van der Waals surface area contributed by atoms with E-state index in [-0.39, 0.29) is 0 Å². The molecule has 1 fully saturated rings. The summed E-state index contributed by atoms with van der Waals surface area (Å²) in [6.45, 7) is 6.42. The van der Waals surface area contributed by atoms with Crippen LogP contribution in [0.3, 0.4) is 0 Å². The molecule has 2 rings (SSSR count). The fourth-order valence-electron chi connectivity index (χ4n) is 1.97. The van der Waals surface area contributed by atoms with E-state index in [1.54, 1.807) is 0 Å². The fraction of sp³-hybridized carbons (Fsp3) is 0.615. The second kappa shape index (κ2) is 4.73. The molecule has 0 bridgehead atoms. The smallest absolute Gasteiger partial charge is 0.152 e. The molecule has 3 heteroatoms. The van der Waals surface area contributed by atoms with Gasteiger partial charge < -0.3 is 10.6 Å². The van der Waals surface area contributed by atoms with Gasteiger partial charge in [0, 0.05) is 19.3 Å². The number of nitrogens with zero attached hydrogens (tertiary/aromatic N) is 2. The van der Waals surface area contributed by atoms with Crippen LogP contribution in [0.5, 0.6) is 0 Å². The Morgan fingerprint density at radius 3 is 2.88 bits per heavy atom. The molecule has 0 aliphatic heterocycles. The van der Waals surface area contributed by atoms with E-state index in [0.29, 0.717) is 0 Å². The molecule has 0 amide bonds. The molecule has 1 aliphatic carbocycles. The minimum absolute atomic E-state index is 0.844. The van der Waals surface area contributed by atoms with Gasteiger partial charge in [-0.25, -0.2) is 4.98 Å². The van der Waals surface area contributed by atoms with Crippen LogP contribution in [-0.2, 0) is 0 Å². The molecule has 2 N–H and O–H groups in total. The molecule has 0 saturated heterocycles. The topological polar surface area (TPSA) is 42.2 Å². The summed E-state index contributed by atoms with van der Waals surface area (Å²) >= 11 is 0. The minimum Gasteiger partial charge on any atom is -0.396 e. The first-order valence-electron chi connectivity index (χ1n) is 6.18. The molecule has 1 saturated carbocycles. The number of nitrogens with two attached hydrogens (primary N) is 1. The first kappa shape index (κ1) is 11.2. The van der Waals surface area contributed by atoms with Crippen molar-refractivity contribution in [3.05, 3.63) is 17.8 Å². The van der Waals surface area contributed by atoms with Gasteiger partial charge in [0.2, 0.25) is 0 Å². The average molecular weight is 219 g/mol.